The van der Waals surface area contributed by atoms with Crippen molar-refractivity contribution in [2.24, 2.45) is 0 Å². The van der Waals surface area contributed by atoms with Crippen LogP contribution in [0, 0.1) is 11.3 Å². The molecule has 0 N–H and O–H groups in total. The van der Waals surface area contributed by atoms with Crippen LogP contribution < -0.4 is 0 Å². The lowest BCUT2D eigenvalue weighted by Gasteiger charge is -2.39. The summed E-state index contributed by atoms with van der Waals surface area (Å²) >= 11 is 0. The molecule has 0 radical (unpaired) electrons. The summed E-state index contributed by atoms with van der Waals surface area (Å²) in [5.41, 5.74) is 0.287. The minimum atomic E-state index is -4.28. The molecule has 1 aliphatic heterocycles. The maximum Gasteiger partial charge on any atom is 0.408 e. The lowest BCUT2D eigenvalue weighted by molar-refractivity contribution is -0.190. The molecule has 114 valence electrons. The van der Waals surface area contributed by atoms with Crippen LogP contribution in [0.25, 0.3) is 0 Å². The molecule has 1 heterocycles. The predicted octanol–water partition coefficient (Wildman–Crippen LogP) is 2.82. The molecule has 1 aliphatic rings. The standard InChI is InChI=1S/C15H18F3N3/c16-15(17,18)14(13-5-2-1-3-6-13)21-11-9-20(10-12-21)8-4-7-19/h1-3,5-6,14H,4,8-12H2/t14-/m1/s1. The summed E-state index contributed by atoms with van der Waals surface area (Å²) in [6.07, 6.45) is -3.86. The summed E-state index contributed by atoms with van der Waals surface area (Å²) in [6.45, 7) is 2.50. The predicted molar refractivity (Wildman–Crippen MR) is 73.5 cm³/mol. The van der Waals surface area contributed by atoms with Gasteiger partial charge in [-0.1, -0.05) is 30.3 Å². The van der Waals surface area contributed by atoms with E-state index in [-0.39, 0.29) is 5.56 Å². The molecule has 0 aromatic heterocycles. The average molecular weight is 297 g/mol. The van der Waals surface area contributed by atoms with Crippen molar-refractivity contribution in [3.05, 3.63) is 35.9 Å². The lowest BCUT2D eigenvalue weighted by Crippen LogP contribution is -2.50. The van der Waals surface area contributed by atoms with E-state index in [9.17, 15) is 13.2 Å². The first kappa shape index (κ1) is 15.8. The van der Waals surface area contributed by atoms with Crippen LogP contribution in [-0.2, 0) is 0 Å². The molecule has 0 aliphatic carbocycles. The van der Waals surface area contributed by atoms with E-state index in [4.69, 9.17) is 5.26 Å². The van der Waals surface area contributed by atoms with Crippen LogP contribution in [0.4, 0.5) is 13.2 Å². The number of benzene rings is 1. The Kier molecular flexibility index (Phi) is 5.21. The smallest absolute Gasteiger partial charge is 0.300 e. The Hall–Kier alpha value is -1.58. The molecule has 1 saturated heterocycles. The Morgan fingerprint density at radius 2 is 1.71 bits per heavy atom. The number of hydrogen-bond acceptors (Lipinski definition) is 3. The third-order valence-electron chi connectivity index (χ3n) is 3.74. The Balaban J connectivity index is 2.06. The fraction of sp³-hybridized carbons (Fsp3) is 0.533. The third kappa shape index (κ3) is 4.19. The first-order valence-corrected chi connectivity index (χ1v) is 6.97. The third-order valence-corrected chi connectivity index (χ3v) is 3.74. The maximum atomic E-state index is 13.4. The van der Waals surface area contributed by atoms with Gasteiger partial charge in [-0.05, 0) is 5.56 Å². The Bertz CT molecular complexity index is 473. The van der Waals surface area contributed by atoms with Gasteiger partial charge in [0.15, 0.2) is 0 Å². The molecular formula is C15H18F3N3. The van der Waals surface area contributed by atoms with Crippen LogP contribution in [-0.4, -0.2) is 48.7 Å². The molecule has 0 unspecified atom stereocenters. The molecule has 6 heteroatoms. The van der Waals surface area contributed by atoms with E-state index in [0.717, 1.165) is 0 Å². The van der Waals surface area contributed by atoms with Crippen molar-refractivity contribution >= 4 is 0 Å². The van der Waals surface area contributed by atoms with Crippen LogP contribution >= 0.6 is 0 Å². The van der Waals surface area contributed by atoms with Crippen LogP contribution in [0.15, 0.2) is 30.3 Å². The molecule has 0 saturated carbocycles. The summed E-state index contributed by atoms with van der Waals surface area (Å²) in [6, 6.07) is 8.57. The lowest BCUT2D eigenvalue weighted by atomic mass is 10.0. The number of piperazine rings is 1. The molecule has 1 aromatic carbocycles. The molecule has 1 fully saturated rings. The minimum Gasteiger partial charge on any atom is -0.300 e. The van der Waals surface area contributed by atoms with E-state index in [2.05, 4.69) is 6.07 Å². The van der Waals surface area contributed by atoms with Crippen molar-refractivity contribution in [2.45, 2.75) is 18.6 Å². The van der Waals surface area contributed by atoms with Crippen molar-refractivity contribution in [2.75, 3.05) is 32.7 Å². The van der Waals surface area contributed by atoms with Crippen molar-refractivity contribution in [1.29, 1.82) is 5.26 Å². The molecule has 2 rings (SSSR count). The second kappa shape index (κ2) is 6.92. The van der Waals surface area contributed by atoms with E-state index in [0.29, 0.717) is 39.1 Å². The summed E-state index contributed by atoms with van der Waals surface area (Å²) in [5, 5.41) is 8.56. The first-order chi connectivity index (χ1) is 10.0. The maximum absolute atomic E-state index is 13.4. The van der Waals surface area contributed by atoms with Crippen molar-refractivity contribution in [1.82, 2.24) is 9.80 Å². The van der Waals surface area contributed by atoms with Crippen LogP contribution in [0.3, 0.4) is 0 Å². The van der Waals surface area contributed by atoms with E-state index in [1.54, 1.807) is 18.2 Å². The van der Waals surface area contributed by atoms with Gasteiger partial charge in [-0.25, -0.2) is 0 Å². The van der Waals surface area contributed by atoms with Gasteiger partial charge in [0.25, 0.3) is 0 Å². The first-order valence-electron chi connectivity index (χ1n) is 6.97. The quantitative estimate of drug-likeness (QED) is 0.856. The molecule has 21 heavy (non-hydrogen) atoms. The van der Waals surface area contributed by atoms with Crippen molar-refractivity contribution < 1.29 is 13.2 Å². The summed E-state index contributed by atoms with van der Waals surface area (Å²) in [7, 11) is 0. The van der Waals surface area contributed by atoms with E-state index in [1.165, 1.54) is 17.0 Å². The second-order valence-corrected chi connectivity index (χ2v) is 5.14. The normalized spacial score (nSPS) is 19.1. The van der Waals surface area contributed by atoms with Crippen molar-refractivity contribution in [3.63, 3.8) is 0 Å². The number of nitrogens with zero attached hydrogens (tertiary/aromatic N) is 3. The molecule has 0 bridgehead atoms. The van der Waals surface area contributed by atoms with Crippen LogP contribution in [0.1, 0.15) is 18.0 Å². The highest BCUT2D eigenvalue weighted by molar-refractivity contribution is 5.20. The van der Waals surface area contributed by atoms with Gasteiger partial charge in [0.2, 0.25) is 0 Å². The molecule has 1 atom stereocenters. The summed E-state index contributed by atoms with van der Waals surface area (Å²) < 4.78 is 40.2. The van der Waals surface area contributed by atoms with Gasteiger partial charge in [-0.3, -0.25) is 9.80 Å². The fourth-order valence-corrected chi connectivity index (χ4v) is 2.70. The van der Waals surface area contributed by atoms with Gasteiger partial charge in [0.05, 0.1) is 6.07 Å². The van der Waals surface area contributed by atoms with Crippen molar-refractivity contribution in [3.8, 4) is 6.07 Å². The largest absolute Gasteiger partial charge is 0.408 e. The molecule has 0 spiro atoms. The number of hydrogen-bond donors (Lipinski definition) is 0. The van der Waals surface area contributed by atoms with E-state index in [1.807, 2.05) is 4.90 Å². The average Bonchev–Trinajstić information content (AvgIpc) is 2.46. The molecule has 3 nitrogen and oxygen atoms in total. The number of halogens is 3. The Labute approximate surface area is 122 Å². The minimum absolute atomic E-state index is 0.287. The molecule has 1 aromatic rings. The number of rotatable bonds is 4. The van der Waals surface area contributed by atoms with Gasteiger partial charge in [0, 0.05) is 39.1 Å². The van der Waals surface area contributed by atoms with Gasteiger partial charge >= 0.3 is 6.18 Å². The highest BCUT2D eigenvalue weighted by Gasteiger charge is 2.45. The van der Waals surface area contributed by atoms with Crippen LogP contribution in [0.2, 0.25) is 0 Å². The van der Waals surface area contributed by atoms with Crippen LogP contribution in [0.5, 0.6) is 0 Å². The monoisotopic (exact) mass is 297 g/mol. The summed E-state index contributed by atoms with van der Waals surface area (Å²) in [4.78, 5) is 3.52. The summed E-state index contributed by atoms with van der Waals surface area (Å²) in [5.74, 6) is 0. The zero-order valence-corrected chi connectivity index (χ0v) is 11.7. The topological polar surface area (TPSA) is 30.3 Å². The fourth-order valence-electron chi connectivity index (χ4n) is 2.70. The zero-order chi connectivity index (χ0) is 15.3. The SMILES string of the molecule is N#CCCN1CCN([C@H](c2ccccc2)C(F)(F)F)CC1. The van der Waals surface area contributed by atoms with Gasteiger partial charge in [-0.2, -0.15) is 18.4 Å². The molecular weight excluding hydrogens is 279 g/mol. The van der Waals surface area contributed by atoms with Gasteiger partial charge in [-0.15, -0.1) is 0 Å². The number of alkyl halides is 3. The highest BCUT2D eigenvalue weighted by Crippen LogP contribution is 2.37. The van der Waals surface area contributed by atoms with Gasteiger partial charge in [0.1, 0.15) is 6.04 Å². The second-order valence-electron chi connectivity index (χ2n) is 5.14. The van der Waals surface area contributed by atoms with Gasteiger partial charge < -0.3 is 0 Å². The Morgan fingerprint density at radius 1 is 1.10 bits per heavy atom. The number of nitriles is 1. The van der Waals surface area contributed by atoms with E-state index >= 15 is 0 Å². The highest BCUT2D eigenvalue weighted by atomic mass is 19.4. The zero-order valence-electron chi connectivity index (χ0n) is 11.7. The Morgan fingerprint density at radius 3 is 2.24 bits per heavy atom. The molecule has 0 amide bonds. The van der Waals surface area contributed by atoms with E-state index < -0.39 is 12.2 Å².